The number of benzene rings is 1. The van der Waals surface area contributed by atoms with Crippen LogP contribution in [-0.4, -0.2) is 87.7 Å². The van der Waals surface area contributed by atoms with E-state index in [-0.39, 0.29) is 18.0 Å². The standard InChI is InChI=1S/C35H48FN5O3/c1-23(2)38(7)33(42)29-17-28(36)8-9-30(29)41-22-27(32-24(3)18-37-19-31(32)41)16-26-10-13-39(21-26)20-25-11-14-40(15-12-25)34(43)44-35(4,5)6/h8-9,17-19,22-23,25-26H,10-16,20-21H2,1-7H3/t26-/m0/s1. The van der Waals surface area contributed by atoms with Gasteiger partial charge in [0.1, 0.15) is 11.4 Å². The zero-order chi connectivity index (χ0) is 31.8. The minimum Gasteiger partial charge on any atom is -0.444 e. The molecule has 238 valence electrons. The summed E-state index contributed by atoms with van der Waals surface area (Å²) in [6.45, 7) is 16.4. The van der Waals surface area contributed by atoms with Gasteiger partial charge in [-0.05, 0) is 115 Å². The van der Waals surface area contributed by atoms with Crippen molar-refractivity contribution in [2.45, 2.75) is 78.9 Å². The van der Waals surface area contributed by atoms with Gasteiger partial charge in [0.25, 0.3) is 5.91 Å². The molecule has 44 heavy (non-hydrogen) atoms. The molecule has 2 aliphatic rings. The molecule has 0 radical (unpaired) electrons. The van der Waals surface area contributed by atoms with Gasteiger partial charge in [-0.15, -0.1) is 0 Å². The molecule has 9 heteroatoms. The monoisotopic (exact) mass is 605 g/mol. The molecule has 2 amide bonds. The molecule has 0 unspecified atom stereocenters. The fraction of sp³-hybridized carbons (Fsp3) is 0.571. The summed E-state index contributed by atoms with van der Waals surface area (Å²) in [4.78, 5) is 36.5. The normalized spacial score (nSPS) is 18.4. The van der Waals surface area contributed by atoms with Crippen LogP contribution in [0, 0.1) is 24.6 Å². The van der Waals surface area contributed by atoms with Crippen molar-refractivity contribution in [1.29, 1.82) is 0 Å². The molecule has 2 saturated heterocycles. The third kappa shape index (κ3) is 7.09. The Kier molecular flexibility index (Phi) is 9.35. The van der Waals surface area contributed by atoms with E-state index in [2.05, 4.69) is 23.0 Å². The third-order valence-corrected chi connectivity index (χ3v) is 9.19. The van der Waals surface area contributed by atoms with Crippen LogP contribution in [0.25, 0.3) is 16.6 Å². The van der Waals surface area contributed by atoms with Crippen molar-refractivity contribution < 1.29 is 18.7 Å². The summed E-state index contributed by atoms with van der Waals surface area (Å²) < 4.78 is 22.0. The summed E-state index contributed by atoms with van der Waals surface area (Å²) in [5.74, 6) is 0.467. The second kappa shape index (κ2) is 12.9. The first-order valence-corrected chi connectivity index (χ1v) is 16.0. The first-order valence-electron chi connectivity index (χ1n) is 16.0. The topological polar surface area (TPSA) is 70.9 Å². The molecule has 0 spiro atoms. The van der Waals surface area contributed by atoms with Crippen molar-refractivity contribution in [2.75, 3.05) is 39.8 Å². The van der Waals surface area contributed by atoms with E-state index < -0.39 is 11.4 Å². The second-order valence-corrected chi connectivity index (χ2v) is 14.1. The Balaban J connectivity index is 1.29. The number of pyridine rings is 1. The SMILES string of the molecule is Cc1cncc2c1c(C[C@@H]1CCN(CC3CCN(C(=O)OC(C)(C)C)CC3)C1)cn2-c1ccc(F)cc1C(=O)N(C)C(C)C. The van der Waals surface area contributed by atoms with Crippen LogP contribution in [-0.2, 0) is 11.2 Å². The van der Waals surface area contributed by atoms with Crippen LogP contribution in [0.5, 0.6) is 0 Å². The zero-order valence-electron chi connectivity index (χ0n) is 27.4. The molecule has 0 bridgehead atoms. The number of fused-ring (bicyclic) bond motifs is 1. The van der Waals surface area contributed by atoms with Crippen LogP contribution >= 0.6 is 0 Å². The maximum Gasteiger partial charge on any atom is 0.410 e. The van der Waals surface area contributed by atoms with Gasteiger partial charge in [0.15, 0.2) is 0 Å². The number of carbonyl (C=O) groups excluding carboxylic acids is 2. The molecule has 2 aromatic heterocycles. The second-order valence-electron chi connectivity index (χ2n) is 14.1. The number of nitrogens with zero attached hydrogens (tertiary/aromatic N) is 5. The number of hydrogen-bond acceptors (Lipinski definition) is 5. The minimum absolute atomic E-state index is 0.0117. The Morgan fingerprint density at radius 2 is 1.80 bits per heavy atom. The van der Waals surface area contributed by atoms with Gasteiger partial charge in [-0.1, -0.05) is 0 Å². The number of hydrogen-bond donors (Lipinski definition) is 0. The number of ether oxygens (including phenoxy) is 1. The number of likely N-dealkylation sites (tertiary alicyclic amines) is 2. The van der Waals surface area contributed by atoms with E-state index >= 15 is 0 Å². The average molecular weight is 606 g/mol. The molecule has 3 aromatic rings. The van der Waals surface area contributed by atoms with Crippen LogP contribution in [0.2, 0.25) is 0 Å². The summed E-state index contributed by atoms with van der Waals surface area (Å²) in [7, 11) is 1.75. The number of amides is 2. The maximum absolute atomic E-state index is 14.4. The molecule has 2 fully saturated rings. The van der Waals surface area contributed by atoms with E-state index in [1.165, 1.54) is 17.7 Å². The summed E-state index contributed by atoms with van der Waals surface area (Å²) in [5, 5.41) is 1.16. The largest absolute Gasteiger partial charge is 0.444 e. The fourth-order valence-corrected chi connectivity index (χ4v) is 6.66. The number of piperidine rings is 1. The summed E-state index contributed by atoms with van der Waals surface area (Å²) in [6.07, 6.45) is 9.74. The van der Waals surface area contributed by atoms with Gasteiger partial charge in [-0.3, -0.25) is 9.78 Å². The van der Waals surface area contributed by atoms with Crippen molar-refractivity contribution in [3.05, 3.63) is 59.3 Å². The number of rotatable bonds is 7. The van der Waals surface area contributed by atoms with E-state index in [0.29, 0.717) is 23.1 Å². The molecule has 0 aliphatic carbocycles. The van der Waals surface area contributed by atoms with Gasteiger partial charge in [-0.2, -0.15) is 0 Å². The molecule has 8 nitrogen and oxygen atoms in total. The molecule has 1 aromatic carbocycles. The molecule has 4 heterocycles. The molecular weight excluding hydrogens is 557 g/mol. The van der Waals surface area contributed by atoms with Crippen LogP contribution in [0.15, 0.2) is 36.8 Å². The van der Waals surface area contributed by atoms with Crippen LogP contribution in [0.4, 0.5) is 9.18 Å². The Bertz CT molecular complexity index is 1500. The number of halogens is 1. The van der Waals surface area contributed by atoms with Crippen molar-refractivity contribution in [3.63, 3.8) is 0 Å². The summed E-state index contributed by atoms with van der Waals surface area (Å²) in [6, 6.07) is 4.46. The maximum atomic E-state index is 14.4. The number of aromatic nitrogens is 2. The molecule has 1 atom stereocenters. The van der Waals surface area contributed by atoms with Crippen LogP contribution in [0.1, 0.15) is 75.4 Å². The highest BCUT2D eigenvalue weighted by Gasteiger charge is 2.31. The third-order valence-electron chi connectivity index (χ3n) is 9.19. The number of aryl methyl sites for hydroxylation is 1. The van der Waals surface area contributed by atoms with Crippen molar-refractivity contribution in [2.24, 2.45) is 11.8 Å². The minimum atomic E-state index is -0.469. The van der Waals surface area contributed by atoms with E-state index in [1.807, 2.05) is 56.5 Å². The van der Waals surface area contributed by atoms with Crippen LogP contribution < -0.4 is 0 Å². The Morgan fingerprint density at radius 1 is 1.09 bits per heavy atom. The average Bonchev–Trinajstić information content (AvgIpc) is 3.56. The molecule has 2 aliphatic heterocycles. The highest BCUT2D eigenvalue weighted by Crippen LogP contribution is 2.33. The molecule has 0 saturated carbocycles. The predicted octanol–water partition coefficient (Wildman–Crippen LogP) is 6.46. The van der Waals surface area contributed by atoms with Crippen molar-refractivity contribution >= 4 is 22.9 Å². The summed E-state index contributed by atoms with van der Waals surface area (Å²) >= 11 is 0. The predicted molar refractivity (Wildman–Crippen MR) is 172 cm³/mol. The van der Waals surface area contributed by atoms with Gasteiger partial charge in [0.05, 0.1) is 23.0 Å². The van der Waals surface area contributed by atoms with Gasteiger partial charge in [0.2, 0.25) is 0 Å². The van der Waals surface area contributed by atoms with E-state index in [1.54, 1.807) is 18.0 Å². The Hall–Kier alpha value is -3.46. The fourth-order valence-electron chi connectivity index (χ4n) is 6.66. The van der Waals surface area contributed by atoms with Gasteiger partial charge in [0, 0.05) is 57.0 Å². The first kappa shape index (κ1) is 31.9. The Morgan fingerprint density at radius 3 is 2.48 bits per heavy atom. The van der Waals surface area contributed by atoms with Crippen molar-refractivity contribution in [1.82, 2.24) is 24.3 Å². The quantitative estimate of drug-likeness (QED) is 0.309. The lowest BCUT2D eigenvalue weighted by Gasteiger charge is -2.34. The van der Waals surface area contributed by atoms with E-state index in [4.69, 9.17) is 4.74 Å². The van der Waals surface area contributed by atoms with Gasteiger partial charge in [-0.25, -0.2) is 9.18 Å². The van der Waals surface area contributed by atoms with E-state index in [9.17, 15) is 14.0 Å². The van der Waals surface area contributed by atoms with Gasteiger partial charge >= 0.3 is 6.09 Å². The lowest BCUT2D eigenvalue weighted by molar-refractivity contribution is 0.0172. The lowest BCUT2D eigenvalue weighted by Crippen LogP contribution is -2.43. The lowest BCUT2D eigenvalue weighted by atomic mass is 9.96. The van der Waals surface area contributed by atoms with Crippen LogP contribution in [0.3, 0.4) is 0 Å². The highest BCUT2D eigenvalue weighted by molar-refractivity contribution is 5.99. The molecule has 0 N–H and O–H groups in total. The van der Waals surface area contributed by atoms with E-state index in [0.717, 1.165) is 74.9 Å². The first-order chi connectivity index (χ1) is 20.8. The summed E-state index contributed by atoms with van der Waals surface area (Å²) in [5.41, 5.74) is 3.80. The number of carbonyl (C=O) groups is 2. The smallest absolute Gasteiger partial charge is 0.410 e. The zero-order valence-corrected chi connectivity index (χ0v) is 27.4. The molecular formula is C35H48FN5O3. The van der Waals surface area contributed by atoms with Crippen molar-refractivity contribution in [3.8, 4) is 5.69 Å². The highest BCUT2D eigenvalue weighted by atomic mass is 19.1. The van der Waals surface area contributed by atoms with Gasteiger partial charge < -0.3 is 24.0 Å². The Labute approximate surface area is 261 Å². The molecule has 5 rings (SSSR count).